The van der Waals surface area contributed by atoms with Crippen LogP contribution < -0.4 is 29.6 Å². The summed E-state index contributed by atoms with van der Waals surface area (Å²) in [6.45, 7) is 6.06. The van der Waals surface area contributed by atoms with E-state index in [1.165, 1.54) is 12.1 Å². The van der Waals surface area contributed by atoms with Crippen molar-refractivity contribution in [2.24, 2.45) is 0 Å². The molecule has 0 N–H and O–H groups in total. The molecule has 0 bridgehead atoms. The summed E-state index contributed by atoms with van der Waals surface area (Å²) in [4.78, 5) is -0.175. The van der Waals surface area contributed by atoms with Crippen LogP contribution in [0, 0.1) is 0 Å². The van der Waals surface area contributed by atoms with Crippen molar-refractivity contribution in [2.45, 2.75) is 31.1 Å². The molecular formula is C10H13NaO3S. The molecule has 0 fully saturated rings. The maximum absolute atomic E-state index is 10.6. The number of hydrogen-bond donors (Lipinski definition) is 0. The van der Waals surface area contributed by atoms with Crippen LogP contribution in [0.2, 0.25) is 0 Å². The van der Waals surface area contributed by atoms with Gasteiger partial charge in [0.15, 0.2) is 0 Å². The van der Waals surface area contributed by atoms with Crippen molar-refractivity contribution in [3.8, 4) is 0 Å². The molecule has 3 nitrogen and oxygen atoms in total. The standard InChI is InChI=1S/C10H14O3S.Na/c1-10(2,3)8-4-6-9(7-5-8)14(11,12)13;/h4-7H,1-3H3,(H,11,12,13);/q;+1/p-1. The Morgan fingerprint density at radius 3 is 1.73 bits per heavy atom. The molecule has 1 aromatic carbocycles. The van der Waals surface area contributed by atoms with Crippen LogP contribution >= 0.6 is 0 Å². The van der Waals surface area contributed by atoms with Crippen LogP contribution in [0.3, 0.4) is 0 Å². The van der Waals surface area contributed by atoms with Gasteiger partial charge >= 0.3 is 29.6 Å². The topological polar surface area (TPSA) is 57.2 Å². The van der Waals surface area contributed by atoms with E-state index < -0.39 is 10.1 Å². The minimum atomic E-state index is -4.32. The number of hydrogen-bond acceptors (Lipinski definition) is 3. The van der Waals surface area contributed by atoms with Gasteiger partial charge in [-0.1, -0.05) is 32.9 Å². The monoisotopic (exact) mass is 236 g/mol. The van der Waals surface area contributed by atoms with Crippen LogP contribution in [-0.2, 0) is 15.5 Å². The van der Waals surface area contributed by atoms with Crippen LogP contribution in [0.4, 0.5) is 0 Å². The summed E-state index contributed by atoms with van der Waals surface area (Å²) in [5, 5.41) is 0. The number of rotatable bonds is 1. The molecule has 0 amide bonds. The van der Waals surface area contributed by atoms with E-state index in [-0.39, 0.29) is 39.9 Å². The minimum Gasteiger partial charge on any atom is -0.744 e. The summed E-state index contributed by atoms with van der Waals surface area (Å²) >= 11 is 0. The molecular weight excluding hydrogens is 223 g/mol. The van der Waals surface area contributed by atoms with Gasteiger partial charge in [-0.05, 0) is 23.1 Å². The Hall–Kier alpha value is 0.130. The van der Waals surface area contributed by atoms with Crippen molar-refractivity contribution in [1.82, 2.24) is 0 Å². The Kier molecular flexibility index (Phi) is 5.02. The van der Waals surface area contributed by atoms with Crippen LogP contribution in [0.1, 0.15) is 26.3 Å². The van der Waals surface area contributed by atoms with E-state index in [0.29, 0.717) is 0 Å². The molecule has 5 heteroatoms. The predicted octanol–water partition coefficient (Wildman–Crippen LogP) is -1.11. The average Bonchev–Trinajstić information content (AvgIpc) is 2.01. The SMILES string of the molecule is CC(C)(C)c1ccc(S(=O)(=O)[O-])cc1.[Na+]. The molecule has 0 unspecified atom stereocenters. The first-order chi connectivity index (χ1) is 6.21. The van der Waals surface area contributed by atoms with Crippen LogP contribution in [0.5, 0.6) is 0 Å². The van der Waals surface area contributed by atoms with Crippen molar-refractivity contribution >= 4 is 10.1 Å². The third-order valence-corrected chi connectivity index (χ3v) is 2.86. The first-order valence-electron chi connectivity index (χ1n) is 4.28. The number of benzene rings is 1. The van der Waals surface area contributed by atoms with Crippen LogP contribution in [0.25, 0.3) is 0 Å². The first kappa shape index (κ1) is 15.1. The van der Waals surface area contributed by atoms with Gasteiger partial charge in [-0.2, -0.15) is 0 Å². The second kappa shape index (κ2) is 4.97. The van der Waals surface area contributed by atoms with Gasteiger partial charge in [0, 0.05) is 0 Å². The van der Waals surface area contributed by atoms with E-state index in [4.69, 9.17) is 0 Å². The fraction of sp³-hybridized carbons (Fsp3) is 0.400. The summed E-state index contributed by atoms with van der Waals surface area (Å²) in [5.41, 5.74) is 0.968. The third kappa shape index (κ3) is 4.25. The van der Waals surface area contributed by atoms with Gasteiger partial charge in [0.05, 0.1) is 4.90 Å². The summed E-state index contributed by atoms with van der Waals surface area (Å²) in [5.74, 6) is 0. The van der Waals surface area contributed by atoms with Gasteiger partial charge < -0.3 is 4.55 Å². The van der Waals surface area contributed by atoms with Gasteiger partial charge in [-0.25, -0.2) is 8.42 Å². The second-order valence-corrected chi connectivity index (χ2v) is 5.61. The Balaban J connectivity index is 0.00000196. The molecule has 15 heavy (non-hydrogen) atoms. The molecule has 0 aliphatic rings. The van der Waals surface area contributed by atoms with Crippen LogP contribution in [0.15, 0.2) is 29.2 Å². The van der Waals surface area contributed by atoms with E-state index in [1.54, 1.807) is 12.1 Å². The van der Waals surface area contributed by atoms with Crippen molar-refractivity contribution < 1.29 is 42.5 Å². The van der Waals surface area contributed by atoms with Gasteiger partial charge in [0.1, 0.15) is 10.1 Å². The van der Waals surface area contributed by atoms with Crippen molar-refractivity contribution in [1.29, 1.82) is 0 Å². The zero-order valence-electron chi connectivity index (χ0n) is 9.44. The summed E-state index contributed by atoms with van der Waals surface area (Å²) in [7, 11) is -4.32. The average molecular weight is 236 g/mol. The van der Waals surface area contributed by atoms with E-state index in [9.17, 15) is 13.0 Å². The molecule has 0 aliphatic carbocycles. The molecule has 0 aromatic heterocycles. The molecule has 0 saturated carbocycles. The maximum Gasteiger partial charge on any atom is 1.00 e. The normalized spacial score (nSPS) is 12.0. The van der Waals surface area contributed by atoms with E-state index in [0.717, 1.165) is 5.56 Å². The van der Waals surface area contributed by atoms with E-state index >= 15 is 0 Å². The second-order valence-electron chi connectivity index (χ2n) is 4.23. The Bertz CT molecular complexity index is 415. The van der Waals surface area contributed by atoms with E-state index in [1.807, 2.05) is 20.8 Å². The van der Waals surface area contributed by atoms with Crippen LogP contribution in [-0.4, -0.2) is 13.0 Å². The molecule has 78 valence electrons. The summed E-state index contributed by atoms with van der Waals surface area (Å²) in [6.07, 6.45) is 0. The Morgan fingerprint density at radius 2 is 1.47 bits per heavy atom. The molecule has 0 saturated heterocycles. The quantitative estimate of drug-likeness (QED) is 0.459. The Morgan fingerprint density at radius 1 is 1.07 bits per heavy atom. The zero-order chi connectivity index (χ0) is 11.0. The molecule has 1 rings (SSSR count). The zero-order valence-corrected chi connectivity index (χ0v) is 12.3. The fourth-order valence-corrected chi connectivity index (χ4v) is 1.59. The molecule has 0 atom stereocenters. The molecule has 0 heterocycles. The molecule has 0 radical (unpaired) electrons. The minimum absolute atomic E-state index is 0. The van der Waals surface area contributed by atoms with Crippen molar-refractivity contribution in [3.63, 3.8) is 0 Å². The van der Waals surface area contributed by atoms with Crippen molar-refractivity contribution in [3.05, 3.63) is 29.8 Å². The Labute approximate surface area is 113 Å². The summed E-state index contributed by atoms with van der Waals surface area (Å²) < 4.78 is 31.9. The van der Waals surface area contributed by atoms with Gasteiger partial charge in [-0.3, -0.25) is 0 Å². The van der Waals surface area contributed by atoms with E-state index in [2.05, 4.69) is 0 Å². The first-order valence-corrected chi connectivity index (χ1v) is 5.68. The smallest absolute Gasteiger partial charge is 0.744 e. The van der Waals surface area contributed by atoms with Gasteiger partial charge in [0.2, 0.25) is 0 Å². The molecule has 0 aliphatic heterocycles. The molecule has 1 aromatic rings. The fourth-order valence-electron chi connectivity index (χ4n) is 1.12. The third-order valence-electron chi connectivity index (χ3n) is 2.01. The summed E-state index contributed by atoms with van der Waals surface area (Å²) in [6, 6.07) is 6.04. The maximum atomic E-state index is 10.6. The van der Waals surface area contributed by atoms with Gasteiger partial charge in [0.25, 0.3) is 0 Å². The van der Waals surface area contributed by atoms with Crippen molar-refractivity contribution in [2.75, 3.05) is 0 Å². The van der Waals surface area contributed by atoms with Gasteiger partial charge in [-0.15, -0.1) is 0 Å². The predicted molar refractivity (Wildman–Crippen MR) is 53.1 cm³/mol. The molecule has 0 spiro atoms. The largest absolute Gasteiger partial charge is 1.00 e.